The molecule has 0 bridgehead atoms. The Bertz CT molecular complexity index is 1910. The molecule has 0 unspecified atom stereocenters. The molecule has 1 N–H and O–H groups in total. The van der Waals surface area contributed by atoms with Gasteiger partial charge in [-0.1, -0.05) is 48.5 Å². The maximum absolute atomic E-state index is 5.91. The second-order valence-electron chi connectivity index (χ2n) is 10.2. The molecular weight excluding hydrogens is 528 g/mol. The molecule has 3 aliphatic heterocycles. The number of nitrogens with zero attached hydrogens (tertiary/aromatic N) is 5. The molecule has 9 heteroatoms. The molecule has 0 saturated carbocycles. The largest absolute Gasteiger partial charge is 0.496 e. The molecule has 42 heavy (non-hydrogen) atoms. The van der Waals surface area contributed by atoms with Crippen LogP contribution in [0.1, 0.15) is 22.9 Å². The Morgan fingerprint density at radius 1 is 0.857 bits per heavy atom. The number of hydrogen-bond acceptors (Lipinski definition) is 8. The Morgan fingerprint density at radius 2 is 1.64 bits per heavy atom. The van der Waals surface area contributed by atoms with E-state index in [4.69, 9.17) is 29.3 Å². The van der Waals surface area contributed by atoms with E-state index in [2.05, 4.69) is 22.3 Å². The van der Waals surface area contributed by atoms with E-state index in [1.807, 2.05) is 96.5 Å². The van der Waals surface area contributed by atoms with E-state index in [1.54, 1.807) is 7.11 Å². The summed E-state index contributed by atoms with van der Waals surface area (Å²) in [6.07, 6.45) is 0. The van der Waals surface area contributed by atoms with Gasteiger partial charge in [0.15, 0.2) is 29.0 Å². The fraction of sp³-hybridized carbons (Fsp3) is 0.121. The lowest BCUT2D eigenvalue weighted by Crippen LogP contribution is -2.46. The minimum Gasteiger partial charge on any atom is -0.496 e. The van der Waals surface area contributed by atoms with E-state index < -0.39 is 0 Å². The van der Waals surface area contributed by atoms with Crippen molar-refractivity contribution >= 4 is 34.6 Å². The van der Waals surface area contributed by atoms with Crippen molar-refractivity contribution in [2.45, 2.75) is 13.0 Å². The summed E-state index contributed by atoms with van der Waals surface area (Å²) in [5.41, 5.74) is 6.41. The number of benzene rings is 4. The van der Waals surface area contributed by atoms with E-state index in [-0.39, 0.29) is 12.8 Å². The van der Waals surface area contributed by atoms with Gasteiger partial charge in [0.05, 0.1) is 35.9 Å². The third-order valence-corrected chi connectivity index (χ3v) is 7.71. The van der Waals surface area contributed by atoms with Crippen LogP contribution in [0.25, 0.3) is 5.69 Å². The number of rotatable bonds is 4. The average molecular weight is 555 g/mol. The minimum absolute atomic E-state index is 0.208. The van der Waals surface area contributed by atoms with E-state index in [9.17, 15) is 0 Å². The van der Waals surface area contributed by atoms with Gasteiger partial charge in [-0.3, -0.25) is 0 Å². The van der Waals surface area contributed by atoms with Crippen LogP contribution in [-0.4, -0.2) is 35.4 Å². The van der Waals surface area contributed by atoms with E-state index in [1.165, 1.54) is 0 Å². The fourth-order valence-electron chi connectivity index (χ4n) is 5.84. The van der Waals surface area contributed by atoms with E-state index in [0.29, 0.717) is 17.4 Å². The van der Waals surface area contributed by atoms with E-state index >= 15 is 0 Å². The summed E-state index contributed by atoms with van der Waals surface area (Å²) in [7, 11) is 1.70. The van der Waals surface area contributed by atoms with Gasteiger partial charge in [0.1, 0.15) is 5.75 Å². The molecule has 0 amide bonds. The predicted octanol–water partition coefficient (Wildman–Crippen LogP) is 6.71. The molecule has 0 fully saturated rings. The first kappa shape index (κ1) is 24.2. The van der Waals surface area contributed by atoms with Crippen molar-refractivity contribution < 1.29 is 14.2 Å². The first-order valence-electron chi connectivity index (χ1n) is 13.7. The van der Waals surface area contributed by atoms with Gasteiger partial charge in [0, 0.05) is 22.9 Å². The zero-order valence-corrected chi connectivity index (χ0v) is 23.0. The van der Waals surface area contributed by atoms with Crippen molar-refractivity contribution in [3.05, 3.63) is 114 Å². The van der Waals surface area contributed by atoms with Crippen LogP contribution in [0.5, 0.6) is 17.2 Å². The summed E-state index contributed by atoms with van der Waals surface area (Å²) < 4.78 is 19.0. The minimum atomic E-state index is -0.286. The number of anilines is 2. The van der Waals surface area contributed by atoms with Crippen LogP contribution in [0.4, 0.5) is 22.9 Å². The Balaban J connectivity index is 1.38. The highest BCUT2D eigenvalue weighted by atomic mass is 16.7. The van der Waals surface area contributed by atoms with Gasteiger partial charge in [-0.25, -0.2) is 14.7 Å². The molecule has 1 atom stereocenters. The van der Waals surface area contributed by atoms with Gasteiger partial charge in [0.25, 0.3) is 0 Å². The van der Waals surface area contributed by atoms with Crippen LogP contribution in [0.3, 0.4) is 0 Å². The highest BCUT2D eigenvalue weighted by Gasteiger charge is 2.42. The molecule has 3 aliphatic rings. The third kappa shape index (κ3) is 3.74. The molecule has 1 aromatic heterocycles. The van der Waals surface area contributed by atoms with Gasteiger partial charge < -0.3 is 24.4 Å². The molecule has 206 valence electrons. The van der Waals surface area contributed by atoms with Crippen LogP contribution in [0, 0.1) is 6.92 Å². The average Bonchev–Trinajstić information content (AvgIpc) is 3.64. The lowest BCUT2D eigenvalue weighted by molar-refractivity contribution is 0.174. The number of nitrogens with one attached hydrogen (secondary N) is 1. The number of fused-ring (bicyclic) bond motifs is 5. The summed E-state index contributed by atoms with van der Waals surface area (Å²) in [5.74, 6) is 4.22. The molecule has 5 aromatic rings. The Kier molecular flexibility index (Phi) is 5.49. The summed E-state index contributed by atoms with van der Waals surface area (Å²) in [4.78, 5) is 12.6. The number of aliphatic imine (C=N–C) groups is 2. The molecule has 0 spiro atoms. The first-order chi connectivity index (χ1) is 20.7. The molecule has 4 heterocycles. The molecule has 9 nitrogen and oxygen atoms in total. The summed E-state index contributed by atoms with van der Waals surface area (Å²) in [6.45, 7) is 2.25. The van der Waals surface area contributed by atoms with Crippen LogP contribution in [-0.2, 0) is 0 Å². The predicted molar refractivity (Wildman–Crippen MR) is 162 cm³/mol. The summed E-state index contributed by atoms with van der Waals surface area (Å²) in [6, 6.07) is 31.8. The lowest BCUT2D eigenvalue weighted by Gasteiger charge is -2.41. The van der Waals surface area contributed by atoms with Gasteiger partial charge >= 0.3 is 0 Å². The van der Waals surface area contributed by atoms with Crippen LogP contribution in [0.2, 0.25) is 0 Å². The summed E-state index contributed by atoms with van der Waals surface area (Å²) in [5, 5.41) is 8.54. The second kappa shape index (κ2) is 9.52. The number of amidine groups is 2. The van der Waals surface area contributed by atoms with Crippen LogP contribution in [0.15, 0.2) is 107 Å². The normalized spacial score (nSPS) is 16.1. The van der Waals surface area contributed by atoms with Crippen molar-refractivity contribution in [1.82, 2.24) is 9.78 Å². The standard InChI is InChI=1S/C33H26N6O3/c1-20-29-30(23-12-6-9-15-26(23)40-2)38-25-14-8-7-13-24(25)35-31(34-21-16-17-27-28(18-21)42-19-41-27)33(38)36-32(29)39(37-20)22-10-4-3-5-11-22/h3-18,30H,19H2,1-2H3,(H,34,35)/t30-/m0/s1. The van der Waals surface area contributed by atoms with Gasteiger partial charge in [-0.2, -0.15) is 5.10 Å². The number of para-hydroxylation sites is 4. The number of methoxy groups -OCH3 is 1. The smallest absolute Gasteiger partial charge is 0.231 e. The zero-order valence-electron chi connectivity index (χ0n) is 23.0. The Labute approximate surface area is 242 Å². The van der Waals surface area contributed by atoms with Crippen LogP contribution >= 0.6 is 0 Å². The Morgan fingerprint density at radius 3 is 2.52 bits per heavy atom. The number of hydrogen-bond donors (Lipinski definition) is 1. The highest BCUT2D eigenvalue weighted by molar-refractivity contribution is 6.51. The van der Waals surface area contributed by atoms with E-state index in [0.717, 1.165) is 56.9 Å². The maximum Gasteiger partial charge on any atom is 0.231 e. The monoisotopic (exact) mass is 554 g/mol. The highest BCUT2D eigenvalue weighted by Crippen LogP contribution is 2.50. The molecule has 0 saturated heterocycles. The van der Waals surface area contributed by atoms with Crippen LogP contribution < -0.4 is 24.4 Å². The maximum atomic E-state index is 5.91. The quantitative estimate of drug-likeness (QED) is 0.266. The van der Waals surface area contributed by atoms with Crippen molar-refractivity contribution in [1.29, 1.82) is 0 Å². The molecule has 8 rings (SSSR count). The van der Waals surface area contributed by atoms with Crippen molar-refractivity contribution in [2.75, 3.05) is 24.1 Å². The second-order valence-corrected chi connectivity index (χ2v) is 10.2. The Hall–Kier alpha value is -5.57. The summed E-state index contributed by atoms with van der Waals surface area (Å²) >= 11 is 0. The number of aromatic nitrogens is 2. The molecule has 0 aliphatic carbocycles. The SMILES string of the molecule is COc1ccccc1[C@H]1c2c(C)nn(-c3ccccc3)c2N=C2C(Nc3ccc4c(c3)OCO4)=Nc3ccccc3N21. The number of ether oxygens (including phenoxy) is 3. The van der Waals surface area contributed by atoms with Gasteiger partial charge in [0.2, 0.25) is 6.79 Å². The zero-order chi connectivity index (χ0) is 28.2. The molecular formula is C33H26N6O3. The van der Waals surface area contributed by atoms with Crippen molar-refractivity contribution in [3.63, 3.8) is 0 Å². The van der Waals surface area contributed by atoms with Gasteiger partial charge in [-0.05, 0) is 49.4 Å². The van der Waals surface area contributed by atoms with Crippen molar-refractivity contribution in [2.24, 2.45) is 9.98 Å². The van der Waals surface area contributed by atoms with Gasteiger partial charge in [-0.15, -0.1) is 0 Å². The lowest BCUT2D eigenvalue weighted by atomic mass is 9.92. The third-order valence-electron chi connectivity index (χ3n) is 7.71. The molecule has 4 aromatic carbocycles. The van der Waals surface area contributed by atoms with Crippen molar-refractivity contribution in [3.8, 4) is 22.9 Å². The number of aryl methyl sites for hydroxylation is 1. The first-order valence-corrected chi connectivity index (χ1v) is 13.7. The molecule has 0 radical (unpaired) electrons. The fourth-order valence-corrected chi connectivity index (χ4v) is 5.84. The topological polar surface area (TPSA) is 85.5 Å².